The van der Waals surface area contributed by atoms with Gasteiger partial charge < -0.3 is 15.2 Å². The molecular formula is C21H25F3N2O2. The van der Waals surface area contributed by atoms with Crippen LogP contribution in [0.1, 0.15) is 24.0 Å². The van der Waals surface area contributed by atoms with Crippen LogP contribution in [0.25, 0.3) is 0 Å². The minimum absolute atomic E-state index is 0.0446. The molecule has 0 spiro atoms. The van der Waals surface area contributed by atoms with Gasteiger partial charge in [-0.2, -0.15) is 13.2 Å². The summed E-state index contributed by atoms with van der Waals surface area (Å²) in [5.41, 5.74) is 8.52. The zero-order chi connectivity index (χ0) is 20.1. The van der Waals surface area contributed by atoms with Crippen molar-refractivity contribution in [1.29, 1.82) is 0 Å². The summed E-state index contributed by atoms with van der Waals surface area (Å²) in [6.07, 6.45) is -4.39. The van der Waals surface area contributed by atoms with E-state index in [4.69, 9.17) is 15.2 Å². The lowest BCUT2D eigenvalue weighted by Crippen LogP contribution is -2.28. The smallest absolute Gasteiger partial charge is 0.422 e. The van der Waals surface area contributed by atoms with Crippen molar-refractivity contribution in [3.05, 3.63) is 59.7 Å². The van der Waals surface area contributed by atoms with E-state index in [1.165, 1.54) is 11.6 Å². The zero-order valence-corrected chi connectivity index (χ0v) is 15.8. The Labute approximate surface area is 163 Å². The highest BCUT2D eigenvalue weighted by Gasteiger charge is 2.31. The van der Waals surface area contributed by atoms with Crippen LogP contribution in [0.3, 0.4) is 0 Å². The fourth-order valence-corrected chi connectivity index (χ4v) is 3.55. The van der Waals surface area contributed by atoms with Crippen molar-refractivity contribution in [1.82, 2.24) is 4.90 Å². The van der Waals surface area contributed by atoms with Crippen LogP contribution in [0.15, 0.2) is 48.5 Å². The van der Waals surface area contributed by atoms with Gasteiger partial charge in [-0.15, -0.1) is 0 Å². The predicted molar refractivity (Wildman–Crippen MR) is 102 cm³/mol. The van der Waals surface area contributed by atoms with E-state index in [2.05, 4.69) is 17.0 Å². The van der Waals surface area contributed by atoms with Crippen molar-refractivity contribution >= 4 is 0 Å². The molecule has 1 fully saturated rings. The van der Waals surface area contributed by atoms with Crippen LogP contribution in [0, 0.1) is 0 Å². The van der Waals surface area contributed by atoms with Gasteiger partial charge in [-0.1, -0.05) is 36.4 Å². The van der Waals surface area contributed by atoms with Crippen molar-refractivity contribution in [2.24, 2.45) is 5.73 Å². The third kappa shape index (κ3) is 5.39. The van der Waals surface area contributed by atoms with Crippen molar-refractivity contribution in [2.45, 2.75) is 31.6 Å². The third-order valence-corrected chi connectivity index (χ3v) is 4.77. The first-order chi connectivity index (χ1) is 13.4. The molecule has 1 saturated heterocycles. The van der Waals surface area contributed by atoms with E-state index >= 15 is 0 Å². The number of halogens is 3. The van der Waals surface area contributed by atoms with Gasteiger partial charge in [0.25, 0.3) is 0 Å². The van der Waals surface area contributed by atoms with Gasteiger partial charge in [0, 0.05) is 31.6 Å². The van der Waals surface area contributed by atoms with Gasteiger partial charge in [0.2, 0.25) is 0 Å². The Balaban J connectivity index is 1.68. The fourth-order valence-electron chi connectivity index (χ4n) is 3.55. The Morgan fingerprint density at radius 1 is 1.04 bits per heavy atom. The Kier molecular flexibility index (Phi) is 6.46. The predicted octanol–water partition coefficient (Wildman–Crippen LogP) is 3.95. The van der Waals surface area contributed by atoms with Crippen molar-refractivity contribution in [3.63, 3.8) is 0 Å². The standard InChI is InChI=1S/C21H25F3N2O2/c1-2-27-20-10-15(8-9-19(20)28-14-21(22,23)24)11-26-12-17(18(25)13-26)16-6-4-3-5-7-16/h3-10,17-18H,2,11-14,25H2,1H3/t17-,18+/m0/s1. The molecule has 1 heterocycles. The van der Waals surface area contributed by atoms with Crippen LogP contribution in [0.4, 0.5) is 13.2 Å². The molecule has 7 heteroatoms. The summed E-state index contributed by atoms with van der Waals surface area (Å²) in [6.45, 7) is 3.03. The van der Waals surface area contributed by atoms with E-state index in [1.54, 1.807) is 19.1 Å². The Bertz CT molecular complexity index is 768. The minimum Gasteiger partial charge on any atom is -0.490 e. The highest BCUT2D eigenvalue weighted by Crippen LogP contribution is 2.32. The molecule has 0 aliphatic carbocycles. The van der Waals surface area contributed by atoms with Gasteiger partial charge in [0.15, 0.2) is 18.1 Å². The maximum absolute atomic E-state index is 12.4. The van der Waals surface area contributed by atoms with Gasteiger partial charge >= 0.3 is 6.18 Å². The number of hydrogen-bond donors (Lipinski definition) is 1. The molecule has 1 aliphatic heterocycles. The number of rotatable bonds is 7. The third-order valence-electron chi connectivity index (χ3n) is 4.77. The normalized spacial score (nSPS) is 20.3. The van der Waals surface area contributed by atoms with E-state index in [1.807, 2.05) is 18.2 Å². The Morgan fingerprint density at radius 2 is 1.79 bits per heavy atom. The van der Waals surface area contributed by atoms with Gasteiger partial charge in [-0.25, -0.2) is 0 Å². The molecule has 4 nitrogen and oxygen atoms in total. The number of likely N-dealkylation sites (tertiary alicyclic amines) is 1. The molecule has 152 valence electrons. The number of benzene rings is 2. The van der Waals surface area contributed by atoms with Gasteiger partial charge in [0.05, 0.1) is 6.61 Å². The second-order valence-corrected chi connectivity index (χ2v) is 6.99. The first kappa shape index (κ1) is 20.5. The molecule has 2 N–H and O–H groups in total. The molecule has 0 unspecified atom stereocenters. The lowest BCUT2D eigenvalue weighted by Gasteiger charge is -2.18. The van der Waals surface area contributed by atoms with Crippen LogP contribution in [-0.4, -0.2) is 43.4 Å². The van der Waals surface area contributed by atoms with E-state index in [0.717, 1.165) is 18.7 Å². The molecular weight excluding hydrogens is 369 g/mol. The van der Waals surface area contributed by atoms with Crippen LogP contribution in [0.2, 0.25) is 0 Å². The van der Waals surface area contributed by atoms with Crippen LogP contribution in [0.5, 0.6) is 11.5 Å². The minimum atomic E-state index is -4.39. The average Bonchev–Trinajstić information content (AvgIpc) is 3.01. The van der Waals surface area contributed by atoms with E-state index < -0.39 is 12.8 Å². The molecule has 0 saturated carbocycles. The second-order valence-electron chi connectivity index (χ2n) is 6.99. The molecule has 2 atom stereocenters. The summed E-state index contributed by atoms with van der Waals surface area (Å²) in [7, 11) is 0. The van der Waals surface area contributed by atoms with Crippen molar-refractivity contribution < 1.29 is 22.6 Å². The highest BCUT2D eigenvalue weighted by atomic mass is 19.4. The average molecular weight is 394 g/mol. The highest BCUT2D eigenvalue weighted by molar-refractivity contribution is 5.43. The van der Waals surface area contributed by atoms with Crippen LogP contribution < -0.4 is 15.2 Å². The first-order valence-electron chi connectivity index (χ1n) is 9.34. The fraction of sp³-hybridized carbons (Fsp3) is 0.429. The van der Waals surface area contributed by atoms with Crippen molar-refractivity contribution in [3.8, 4) is 11.5 Å². The molecule has 0 radical (unpaired) electrons. The Morgan fingerprint density at radius 3 is 2.46 bits per heavy atom. The number of nitrogens with two attached hydrogens (primary N) is 1. The summed E-state index contributed by atoms with van der Waals surface area (Å²) in [4.78, 5) is 2.25. The first-order valence-corrected chi connectivity index (χ1v) is 9.34. The molecule has 0 amide bonds. The molecule has 3 rings (SSSR count). The summed E-state index contributed by atoms with van der Waals surface area (Å²) in [5.74, 6) is 0.692. The van der Waals surface area contributed by atoms with Crippen LogP contribution >= 0.6 is 0 Å². The number of nitrogens with zero attached hydrogens (tertiary/aromatic N) is 1. The van der Waals surface area contributed by atoms with Crippen LogP contribution in [-0.2, 0) is 6.54 Å². The Hall–Kier alpha value is -2.25. The topological polar surface area (TPSA) is 47.7 Å². The van der Waals surface area contributed by atoms with Gasteiger partial charge in [-0.3, -0.25) is 4.90 Å². The largest absolute Gasteiger partial charge is 0.490 e. The van der Waals surface area contributed by atoms with E-state index in [9.17, 15) is 13.2 Å². The summed E-state index contributed by atoms with van der Waals surface area (Å²) in [6, 6.07) is 15.3. The lowest BCUT2D eigenvalue weighted by molar-refractivity contribution is -0.153. The summed E-state index contributed by atoms with van der Waals surface area (Å²) < 4.78 is 47.7. The number of ether oxygens (including phenoxy) is 2. The van der Waals surface area contributed by atoms with E-state index in [0.29, 0.717) is 18.9 Å². The second kappa shape index (κ2) is 8.84. The number of hydrogen-bond acceptors (Lipinski definition) is 4. The molecule has 0 bridgehead atoms. The van der Waals surface area contributed by atoms with E-state index in [-0.39, 0.29) is 17.7 Å². The quantitative estimate of drug-likeness (QED) is 0.773. The zero-order valence-electron chi connectivity index (χ0n) is 15.8. The molecule has 1 aliphatic rings. The maximum atomic E-state index is 12.4. The summed E-state index contributed by atoms with van der Waals surface area (Å²) in [5, 5.41) is 0. The van der Waals surface area contributed by atoms with Gasteiger partial charge in [0.1, 0.15) is 0 Å². The molecule has 2 aromatic rings. The lowest BCUT2D eigenvalue weighted by atomic mass is 9.95. The molecule has 0 aromatic heterocycles. The monoisotopic (exact) mass is 394 g/mol. The van der Waals surface area contributed by atoms with Gasteiger partial charge in [-0.05, 0) is 30.2 Å². The molecule has 28 heavy (non-hydrogen) atoms. The molecule has 2 aromatic carbocycles. The number of alkyl halides is 3. The SMILES string of the molecule is CCOc1cc(CN2C[C@@H](N)[C@H](c3ccccc3)C2)ccc1OCC(F)(F)F. The summed E-state index contributed by atoms with van der Waals surface area (Å²) >= 11 is 0. The van der Waals surface area contributed by atoms with Crippen molar-refractivity contribution in [2.75, 3.05) is 26.3 Å². The maximum Gasteiger partial charge on any atom is 0.422 e.